The summed E-state index contributed by atoms with van der Waals surface area (Å²) in [6, 6.07) is 10.2. The lowest BCUT2D eigenvalue weighted by Gasteiger charge is -2.25. The number of esters is 1. The predicted octanol–water partition coefficient (Wildman–Crippen LogP) is 3.00. The van der Waals surface area contributed by atoms with E-state index in [1.54, 1.807) is 39.2 Å². The number of aromatic nitrogens is 1. The molecule has 3 heterocycles. The number of hydrogen-bond acceptors (Lipinski definition) is 7. The molecule has 0 fully saturated rings. The number of para-hydroxylation sites is 1. The molecule has 9 heteroatoms. The average molecular weight is 550 g/mol. The Kier molecular flexibility index (Phi) is 6.15. The molecule has 3 aromatic rings. The highest BCUT2D eigenvalue weighted by Crippen LogP contribution is 2.35. The molecule has 0 spiro atoms. The van der Waals surface area contributed by atoms with Gasteiger partial charge in [0, 0.05) is 11.6 Å². The second-order valence-corrected chi connectivity index (χ2v) is 8.76. The van der Waals surface area contributed by atoms with Gasteiger partial charge in [0.2, 0.25) is 0 Å². The highest BCUT2D eigenvalue weighted by atomic mass is 127. The van der Waals surface area contributed by atoms with Crippen molar-refractivity contribution < 1.29 is 18.7 Å². The molecule has 1 aliphatic heterocycles. The number of benzene rings is 1. The molecule has 1 atom stereocenters. The van der Waals surface area contributed by atoms with Crippen LogP contribution < -0.4 is 19.6 Å². The number of nitrogens with zero attached hydrogens (tertiary/aromatic N) is 2. The van der Waals surface area contributed by atoms with E-state index in [-0.39, 0.29) is 12.2 Å². The summed E-state index contributed by atoms with van der Waals surface area (Å²) in [6.45, 7) is 3.71. The number of ether oxygens (including phenoxy) is 2. The molecule has 0 radical (unpaired) electrons. The van der Waals surface area contributed by atoms with E-state index in [1.165, 1.54) is 15.9 Å². The summed E-state index contributed by atoms with van der Waals surface area (Å²) in [4.78, 5) is 31.4. The van der Waals surface area contributed by atoms with E-state index in [2.05, 4.69) is 27.6 Å². The summed E-state index contributed by atoms with van der Waals surface area (Å²) in [5.74, 6) is 0.638. The maximum atomic E-state index is 13.5. The van der Waals surface area contributed by atoms with Crippen LogP contribution in [0.5, 0.6) is 5.75 Å². The van der Waals surface area contributed by atoms with Crippen molar-refractivity contribution in [3.8, 4) is 5.75 Å². The number of methoxy groups -OCH3 is 1. The monoisotopic (exact) mass is 550 g/mol. The Bertz CT molecular complexity index is 1360. The Morgan fingerprint density at radius 3 is 2.77 bits per heavy atom. The molecule has 7 nitrogen and oxygen atoms in total. The van der Waals surface area contributed by atoms with Crippen LogP contribution in [-0.2, 0) is 9.53 Å². The van der Waals surface area contributed by atoms with Crippen molar-refractivity contribution in [2.24, 2.45) is 4.99 Å². The number of fused-ring (bicyclic) bond motifs is 1. The number of hydrogen-bond donors (Lipinski definition) is 0. The first-order chi connectivity index (χ1) is 14.9. The molecule has 1 aliphatic rings. The highest BCUT2D eigenvalue weighted by molar-refractivity contribution is 14.1. The molecule has 160 valence electrons. The molecule has 31 heavy (non-hydrogen) atoms. The van der Waals surface area contributed by atoms with E-state index < -0.39 is 12.0 Å². The van der Waals surface area contributed by atoms with Crippen LogP contribution in [0.4, 0.5) is 0 Å². The minimum Gasteiger partial charge on any atom is -0.496 e. The van der Waals surface area contributed by atoms with E-state index >= 15 is 0 Å². The zero-order valence-corrected chi connectivity index (χ0v) is 20.0. The van der Waals surface area contributed by atoms with Crippen LogP contribution in [0.3, 0.4) is 0 Å². The van der Waals surface area contributed by atoms with Gasteiger partial charge in [0.1, 0.15) is 17.6 Å². The molecule has 0 saturated heterocycles. The molecule has 0 aliphatic carbocycles. The van der Waals surface area contributed by atoms with Crippen LogP contribution in [0, 0.1) is 3.77 Å². The fraction of sp³-hybridized carbons (Fsp3) is 0.227. The summed E-state index contributed by atoms with van der Waals surface area (Å²) in [7, 11) is 1.56. The number of halogens is 1. The Hall–Kier alpha value is -2.66. The summed E-state index contributed by atoms with van der Waals surface area (Å²) in [5.41, 5.74) is 1.25. The molecule has 0 saturated carbocycles. The smallest absolute Gasteiger partial charge is 0.338 e. The van der Waals surface area contributed by atoms with Gasteiger partial charge in [0.15, 0.2) is 8.57 Å². The van der Waals surface area contributed by atoms with Crippen LogP contribution in [0.15, 0.2) is 61.9 Å². The Balaban J connectivity index is 2.00. The van der Waals surface area contributed by atoms with E-state index in [1.807, 2.05) is 24.3 Å². The summed E-state index contributed by atoms with van der Waals surface area (Å²) < 4.78 is 19.1. The number of rotatable bonds is 5. The van der Waals surface area contributed by atoms with Crippen LogP contribution in [-0.4, -0.2) is 24.3 Å². The molecule has 0 unspecified atom stereocenters. The highest BCUT2D eigenvalue weighted by Gasteiger charge is 2.34. The number of carbonyl (C=O) groups is 1. The van der Waals surface area contributed by atoms with Gasteiger partial charge in [0.25, 0.3) is 5.56 Å². The van der Waals surface area contributed by atoms with Gasteiger partial charge in [-0.2, -0.15) is 0 Å². The van der Waals surface area contributed by atoms with Crippen molar-refractivity contribution in [2.75, 3.05) is 13.7 Å². The molecule has 0 bridgehead atoms. The zero-order valence-electron chi connectivity index (χ0n) is 17.0. The molecule has 0 amide bonds. The quantitative estimate of drug-likeness (QED) is 0.361. The molecule has 4 rings (SSSR count). The van der Waals surface area contributed by atoms with Crippen molar-refractivity contribution in [3.63, 3.8) is 0 Å². The van der Waals surface area contributed by atoms with Crippen LogP contribution in [0.25, 0.3) is 6.08 Å². The largest absolute Gasteiger partial charge is 0.496 e. The molecular formula is C22H19IN2O5S. The van der Waals surface area contributed by atoms with Gasteiger partial charge in [0.05, 0.1) is 29.5 Å². The first kappa shape index (κ1) is 21.6. The fourth-order valence-electron chi connectivity index (χ4n) is 3.51. The van der Waals surface area contributed by atoms with Gasteiger partial charge in [-0.05, 0) is 54.6 Å². The summed E-state index contributed by atoms with van der Waals surface area (Å²) in [6.07, 6.45) is 1.69. The predicted molar refractivity (Wildman–Crippen MR) is 125 cm³/mol. The minimum atomic E-state index is -0.717. The van der Waals surface area contributed by atoms with Crippen molar-refractivity contribution in [2.45, 2.75) is 19.9 Å². The number of carbonyl (C=O) groups excluding carboxylic acids is 1. The van der Waals surface area contributed by atoms with Crippen LogP contribution in [0.1, 0.15) is 31.2 Å². The molecule has 1 aromatic carbocycles. The van der Waals surface area contributed by atoms with Gasteiger partial charge in [-0.1, -0.05) is 29.5 Å². The fourth-order valence-corrected chi connectivity index (χ4v) is 4.97. The lowest BCUT2D eigenvalue weighted by atomic mass is 9.95. The second-order valence-electron chi connectivity index (χ2n) is 6.69. The normalized spacial score (nSPS) is 16.1. The summed E-state index contributed by atoms with van der Waals surface area (Å²) in [5, 5.41) is 0. The minimum absolute atomic E-state index is 0.218. The van der Waals surface area contributed by atoms with E-state index in [0.29, 0.717) is 37.7 Å². The van der Waals surface area contributed by atoms with E-state index in [9.17, 15) is 9.59 Å². The SMILES string of the molecule is CCOC(=O)C1=C(C)N=c2s/c(=C/c3ccc(I)o3)c(=O)n2[C@H]1c1ccccc1OC. The number of furan rings is 1. The zero-order chi connectivity index (χ0) is 22.1. The number of thiazole rings is 1. The van der Waals surface area contributed by atoms with Gasteiger partial charge in [-0.3, -0.25) is 9.36 Å². The van der Waals surface area contributed by atoms with Crippen molar-refractivity contribution in [3.05, 3.63) is 82.4 Å². The average Bonchev–Trinajstić information content (AvgIpc) is 3.29. The van der Waals surface area contributed by atoms with Crippen molar-refractivity contribution in [1.29, 1.82) is 0 Å². The molecule has 0 N–H and O–H groups in total. The maximum Gasteiger partial charge on any atom is 0.338 e. The topological polar surface area (TPSA) is 83.0 Å². The number of allylic oxidation sites excluding steroid dienone is 1. The summed E-state index contributed by atoms with van der Waals surface area (Å²) >= 11 is 3.32. The lowest BCUT2D eigenvalue weighted by Crippen LogP contribution is -2.40. The standard InChI is InChI=1S/C22H19IN2O5S/c1-4-29-21(27)18-12(2)24-22-25(19(18)14-7-5-6-8-15(14)28-3)20(26)16(31-22)11-13-9-10-17(23)30-13/h5-11,19H,4H2,1-3H3/b16-11+/t19-/m0/s1. The van der Waals surface area contributed by atoms with Crippen LogP contribution >= 0.6 is 33.9 Å². The maximum absolute atomic E-state index is 13.5. The first-order valence-corrected chi connectivity index (χ1v) is 11.4. The van der Waals surface area contributed by atoms with Crippen molar-refractivity contribution in [1.82, 2.24) is 4.57 Å². The molecule has 2 aromatic heterocycles. The Labute approximate surface area is 195 Å². The Morgan fingerprint density at radius 1 is 1.32 bits per heavy atom. The second kappa shape index (κ2) is 8.83. The Morgan fingerprint density at radius 2 is 2.10 bits per heavy atom. The van der Waals surface area contributed by atoms with E-state index in [4.69, 9.17) is 13.9 Å². The van der Waals surface area contributed by atoms with Gasteiger partial charge in [-0.25, -0.2) is 9.79 Å². The first-order valence-electron chi connectivity index (χ1n) is 9.52. The molecular weight excluding hydrogens is 531 g/mol. The van der Waals surface area contributed by atoms with Gasteiger partial charge >= 0.3 is 5.97 Å². The third-order valence-corrected chi connectivity index (χ3v) is 6.38. The van der Waals surface area contributed by atoms with Crippen LogP contribution in [0.2, 0.25) is 0 Å². The van der Waals surface area contributed by atoms with Gasteiger partial charge < -0.3 is 13.9 Å². The van der Waals surface area contributed by atoms with Crippen molar-refractivity contribution >= 4 is 46.0 Å². The van der Waals surface area contributed by atoms with Gasteiger partial charge in [-0.15, -0.1) is 0 Å². The van der Waals surface area contributed by atoms with E-state index in [0.717, 1.165) is 3.77 Å². The third kappa shape index (κ3) is 3.99. The third-order valence-electron chi connectivity index (χ3n) is 4.82. The lowest BCUT2D eigenvalue weighted by molar-refractivity contribution is -0.139.